The summed E-state index contributed by atoms with van der Waals surface area (Å²) in [5.41, 5.74) is 1.02. The van der Waals surface area contributed by atoms with E-state index in [0.29, 0.717) is 5.02 Å². The second kappa shape index (κ2) is 4.96. The Kier molecular flexibility index (Phi) is 4.19. The summed E-state index contributed by atoms with van der Waals surface area (Å²) in [5, 5.41) is 12.7. The Morgan fingerprint density at radius 1 is 1.62 bits per heavy atom. The highest BCUT2D eigenvalue weighted by atomic mass is 79.9. The third kappa shape index (κ3) is 2.68. The van der Waals surface area contributed by atoms with Crippen molar-refractivity contribution in [3.63, 3.8) is 0 Å². The van der Waals surface area contributed by atoms with Crippen LogP contribution in [0.1, 0.15) is 11.6 Å². The van der Waals surface area contributed by atoms with E-state index < -0.39 is 0 Å². The molecule has 13 heavy (non-hydrogen) atoms. The quantitative estimate of drug-likeness (QED) is 0.878. The normalized spacial score (nSPS) is 12.9. The summed E-state index contributed by atoms with van der Waals surface area (Å²) < 4.78 is 0.848. The van der Waals surface area contributed by atoms with E-state index in [9.17, 15) is 0 Å². The minimum absolute atomic E-state index is 0.0337. The maximum atomic E-state index is 9.03. The molecular weight excluding hydrogens is 253 g/mol. The molecule has 0 radical (unpaired) electrons. The highest BCUT2D eigenvalue weighted by Gasteiger charge is 2.08. The first kappa shape index (κ1) is 11.0. The van der Waals surface area contributed by atoms with Gasteiger partial charge in [0.25, 0.3) is 0 Å². The van der Waals surface area contributed by atoms with E-state index >= 15 is 0 Å². The van der Waals surface area contributed by atoms with Gasteiger partial charge in [-0.05, 0) is 40.7 Å². The second-order valence-electron chi connectivity index (χ2n) is 2.70. The van der Waals surface area contributed by atoms with Crippen molar-refractivity contribution >= 4 is 27.5 Å². The number of likely N-dealkylation sites (N-methyl/N-ethyl adjacent to an activating group) is 1. The molecule has 2 N–H and O–H groups in total. The Balaban J connectivity index is 2.95. The van der Waals surface area contributed by atoms with Gasteiger partial charge in [-0.1, -0.05) is 17.7 Å². The van der Waals surface area contributed by atoms with Gasteiger partial charge in [0.05, 0.1) is 17.7 Å². The molecule has 0 heterocycles. The van der Waals surface area contributed by atoms with Gasteiger partial charge >= 0.3 is 0 Å². The molecule has 0 unspecified atom stereocenters. The lowest BCUT2D eigenvalue weighted by molar-refractivity contribution is 0.251. The third-order valence-electron chi connectivity index (χ3n) is 1.88. The van der Waals surface area contributed by atoms with Crippen LogP contribution in [-0.2, 0) is 0 Å². The molecule has 0 spiro atoms. The van der Waals surface area contributed by atoms with Crippen LogP contribution in [0, 0.1) is 0 Å². The first-order chi connectivity index (χ1) is 6.19. The molecule has 0 saturated heterocycles. The fourth-order valence-corrected chi connectivity index (χ4v) is 1.61. The van der Waals surface area contributed by atoms with Crippen LogP contribution in [0.4, 0.5) is 0 Å². The van der Waals surface area contributed by atoms with Gasteiger partial charge in [0.2, 0.25) is 0 Å². The molecule has 0 aliphatic carbocycles. The van der Waals surface area contributed by atoms with Crippen LogP contribution < -0.4 is 5.32 Å². The van der Waals surface area contributed by atoms with E-state index in [4.69, 9.17) is 16.7 Å². The van der Waals surface area contributed by atoms with Crippen LogP contribution in [0.15, 0.2) is 22.7 Å². The van der Waals surface area contributed by atoms with Gasteiger partial charge in [-0.3, -0.25) is 0 Å². The first-order valence-corrected chi connectivity index (χ1v) is 5.09. The summed E-state index contributed by atoms with van der Waals surface area (Å²) in [6.07, 6.45) is 0. The Labute approximate surface area is 91.0 Å². The van der Waals surface area contributed by atoms with Gasteiger partial charge in [-0.25, -0.2) is 0 Å². The number of hydrogen-bond acceptors (Lipinski definition) is 2. The Bertz CT molecular complexity index is 289. The summed E-state index contributed by atoms with van der Waals surface area (Å²) in [6.45, 7) is 0.0740. The fourth-order valence-electron chi connectivity index (χ4n) is 1.09. The zero-order chi connectivity index (χ0) is 9.84. The van der Waals surface area contributed by atoms with E-state index in [0.717, 1.165) is 10.0 Å². The molecule has 1 rings (SSSR count). The van der Waals surface area contributed by atoms with Crippen molar-refractivity contribution in [3.05, 3.63) is 33.3 Å². The van der Waals surface area contributed by atoms with Crippen LogP contribution >= 0.6 is 27.5 Å². The number of nitrogens with one attached hydrogen (secondary N) is 1. The standard InChI is InChI=1S/C9H11BrClNO/c1-12-9(5-13)6-2-3-8(11)7(10)4-6/h2-4,9,12-13H,5H2,1H3/t9-/m0/s1. The fraction of sp³-hybridized carbons (Fsp3) is 0.333. The number of aliphatic hydroxyl groups is 1. The number of benzene rings is 1. The molecule has 0 aliphatic heterocycles. The molecule has 1 aromatic rings. The molecule has 0 fully saturated rings. The van der Waals surface area contributed by atoms with Crippen LogP contribution in [0.2, 0.25) is 5.02 Å². The van der Waals surface area contributed by atoms with Crippen molar-refractivity contribution in [2.45, 2.75) is 6.04 Å². The predicted molar refractivity (Wildman–Crippen MR) is 58.0 cm³/mol. The van der Waals surface area contributed by atoms with Crippen LogP contribution in [0.3, 0.4) is 0 Å². The van der Waals surface area contributed by atoms with Gasteiger partial charge in [-0.15, -0.1) is 0 Å². The van der Waals surface area contributed by atoms with Gasteiger partial charge < -0.3 is 10.4 Å². The number of aliphatic hydroxyl groups excluding tert-OH is 1. The monoisotopic (exact) mass is 263 g/mol. The van der Waals surface area contributed by atoms with Gasteiger partial charge in [0.15, 0.2) is 0 Å². The van der Waals surface area contributed by atoms with Gasteiger partial charge in [0, 0.05) is 4.47 Å². The third-order valence-corrected chi connectivity index (χ3v) is 3.09. The second-order valence-corrected chi connectivity index (χ2v) is 3.96. The van der Waals surface area contributed by atoms with Crippen molar-refractivity contribution in [2.24, 2.45) is 0 Å². The SMILES string of the molecule is CN[C@@H](CO)c1ccc(Cl)c(Br)c1. The molecule has 0 aliphatic rings. The van der Waals surface area contributed by atoms with E-state index in [2.05, 4.69) is 21.2 Å². The smallest absolute Gasteiger partial charge is 0.0626 e. The van der Waals surface area contributed by atoms with Crippen LogP contribution in [0.5, 0.6) is 0 Å². The molecule has 72 valence electrons. The van der Waals surface area contributed by atoms with E-state index in [1.165, 1.54) is 0 Å². The van der Waals surface area contributed by atoms with Gasteiger partial charge in [-0.2, -0.15) is 0 Å². The van der Waals surface area contributed by atoms with Crippen molar-refractivity contribution in [2.75, 3.05) is 13.7 Å². The number of hydrogen-bond donors (Lipinski definition) is 2. The van der Waals surface area contributed by atoms with Gasteiger partial charge in [0.1, 0.15) is 0 Å². The lowest BCUT2D eigenvalue weighted by atomic mass is 10.1. The zero-order valence-electron chi connectivity index (χ0n) is 7.22. The zero-order valence-corrected chi connectivity index (χ0v) is 9.56. The summed E-state index contributed by atoms with van der Waals surface area (Å²) in [4.78, 5) is 0. The average Bonchev–Trinajstić information content (AvgIpc) is 2.13. The maximum Gasteiger partial charge on any atom is 0.0626 e. The Hall–Kier alpha value is -0.0900. The molecule has 4 heteroatoms. The van der Waals surface area contributed by atoms with Crippen molar-refractivity contribution in [3.8, 4) is 0 Å². The van der Waals surface area contributed by atoms with Crippen molar-refractivity contribution < 1.29 is 5.11 Å². The minimum atomic E-state index is -0.0337. The highest BCUT2D eigenvalue weighted by Crippen LogP contribution is 2.25. The molecule has 2 nitrogen and oxygen atoms in total. The van der Waals surface area contributed by atoms with Crippen molar-refractivity contribution in [1.82, 2.24) is 5.32 Å². The molecule has 0 saturated carbocycles. The maximum absolute atomic E-state index is 9.03. The summed E-state index contributed by atoms with van der Waals surface area (Å²) in [5.74, 6) is 0. The first-order valence-electron chi connectivity index (χ1n) is 3.92. The molecule has 0 bridgehead atoms. The lowest BCUT2D eigenvalue weighted by Crippen LogP contribution is -2.19. The summed E-state index contributed by atoms with van der Waals surface area (Å²) in [6, 6.07) is 5.57. The largest absolute Gasteiger partial charge is 0.394 e. The van der Waals surface area contributed by atoms with E-state index in [-0.39, 0.29) is 12.6 Å². The number of rotatable bonds is 3. The molecule has 0 amide bonds. The predicted octanol–water partition coefficient (Wildman–Crippen LogP) is 2.36. The van der Waals surface area contributed by atoms with Crippen LogP contribution in [0.25, 0.3) is 0 Å². The lowest BCUT2D eigenvalue weighted by Gasteiger charge is -2.13. The van der Waals surface area contributed by atoms with Crippen molar-refractivity contribution in [1.29, 1.82) is 0 Å². The van der Waals surface area contributed by atoms with E-state index in [1.54, 1.807) is 6.07 Å². The Morgan fingerprint density at radius 3 is 2.77 bits per heavy atom. The molecule has 1 atom stereocenters. The molecule has 1 aromatic carbocycles. The summed E-state index contributed by atoms with van der Waals surface area (Å²) >= 11 is 9.17. The minimum Gasteiger partial charge on any atom is -0.394 e. The van der Waals surface area contributed by atoms with E-state index in [1.807, 2.05) is 19.2 Å². The highest BCUT2D eigenvalue weighted by molar-refractivity contribution is 9.10. The summed E-state index contributed by atoms with van der Waals surface area (Å²) in [7, 11) is 1.81. The average molecular weight is 265 g/mol. The number of halogens is 2. The van der Waals surface area contributed by atoms with Crippen LogP contribution in [-0.4, -0.2) is 18.8 Å². The molecule has 0 aromatic heterocycles. The Morgan fingerprint density at radius 2 is 2.31 bits per heavy atom. The molecular formula is C9H11BrClNO. The topological polar surface area (TPSA) is 32.3 Å².